The molecule has 0 bridgehead atoms. The predicted molar refractivity (Wildman–Crippen MR) is 189 cm³/mol. The van der Waals surface area contributed by atoms with Crippen LogP contribution < -0.4 is 9.47 Å². The van der Waals surface area contributed by atoms with Gasteiger partial charge in [0.2, 0.25) is 18.5 Å². The van der Waals surface area contributed by atoms with Gasteiger partial charge in [-0.15, -0.1) is 0 Å². The van der Waals surface area contributed by atoms with Crippen molar-refractivity contribution >= 4 is 51.6 Å². The third kappa shape index (κ3) is 8.09. The number of oxazole rings is 1. The molecule has 1 aliphatic rings. The number of benzene rings is 4. The van der Waals surface area contributed by atoms with Crippen LogP contribution in [0.3, 0.4) is 0 Å². The number of hydrogen-bond donors (Lipinski definition) is 1. The van der Waals surface area contributed by atoms with Crippen LogP contribution in [0.1, 0.15) is 56.5 Å². The number of aromatic nitrogens is 1. The van der Waals surface area contributed by atoms with Gasteiger partial charge >= 0.3 is 11.9 Å². The molecular formula is C40H38N2O9. The van der Waals surface area contributed by atoms with Crippen LogP contribution >= 0.6 is 0 Å². The predicted octanol–water partition coefficient (Wildman–Crippen LogP) is 6.93. The molecule has 0 fully saturated rings. The van der Waals surface area contributed by atoms with E-state index in [0.717, 1.165) is 27.4 Å². The average molecular weight is 691 g/mol. The van der Waals surface area contributed by atoms with Gasteiger partial charge in [0.1, 0.15) is 11.4 Å². The summed E-state index contributed by atoms with van der Waals surface area (Å²) >= 11 is 0. The number of allylic oxidation sites excluding steroid dienone is 1. The molecule has 1 N–H and O–H groups in total. The third-order valence-electron chi connectivity index (χ3n) is 8.83. The number of amides is 1. The van der Waals surface area contributed by atoms with Gasteiger partial charge in [-0.25, -0.2) is 4.98 Å². The summed E-state index contributed by atoms with van der Waals surface area (Å²) in [6, 6.07) is 25.8. The SMILES string of the molecule is CC(C)OC(=O)C(CC(=O)O)C(=O)C(=O)N(Cc1ccc2ccccc2c1)[C@H](C)[C@H](CC=Cc1nc2ccccc2o1)c1ccc2c(c1)OCO2. The lowest BCUT2D eigenvalue weighted by molar-refractivity contribution is -0.163. The second-order valence-electron chi connectivity index (χ2n) is 12.7. The van der Waals surface area contributed by atoms with Crippen LogP contribution in [0.4, 0.5) is 0 Å². The molecule has 1 aromatic heterocycles. The first-order chi connectivity index (χ1) is 24.6. The molecule has 11 heteroatoms. The standard InChI is InChI=1S/C40H38N2O9/c1-24(2)50-40(47)31(21-37(43)44)38(45)39(46)42(22-26-15-16-27-9-4-5-10-28(27)19-26)25(3)30(29-17-18-34-35(20-29)49-23-48-34)11-8-14-36-41-32-12-6-7-13-33(32)51-36/h4-10,12-20,24-25,30-31H,11,21-23H2,1-3H3,(H,43,44)/t25-,30+,31?/m1/s1. The van der Waals surface area contributed by atoms with Gasteiger partial charge in [0.05, 0.1) is 12.5 Å². The fourth-order valence-electron chi connectivity index (χ4n) is 6.25. The lowest BCUT2D eigenvalue weighted by Crippen LogP contribution is -2.48. The van der Waals surface area contributed by atoms with Gasteiger partial charge in [0.25, 0.3) is 5.91 Å². The Hall–Kier alpha value is -5.97. The molecule has 2 heterocycles. The van der Waals surface area contributed by atoms with Crippen LogP contribution in [0.15, 0.2) is 95.4 Å². The Kier molecular flexibility index (Phi) is 10.5. The van der Waals surface area contributed by atoms with Crippen LogP contribution in [0.25, 0.3) is 27.9 Å². The second kappa shape index (κ2) is 15.3. The maximum atomic E-state index is 14.4. The van der Waals surface area contributed by atoms with Crippen molar-refractivity contribution in [1.29, 1.82) is 0 Å². The molecule has 6 rings (SSSR count). The van der Waals surface area contributed by atoms with Crippen molar-refractivity contribution in [3.05, 3.63) is 108 Å². The van der Waals surface area contributed by atoms with Gasteiger partial charge in [-0.3, -0.25) is 19.2 Å². The van der Waals surface area contributed by atoms with Crippen LogP contribution in [-0.2, 0) is 30.5 Å². The summed E-state index contributed by atoms with van der Waals surface area (Å²) in [6.45, 7) is 5.08. The molecule has 51 heavy (non-hydrogen) atoms. The number of rotatable bonds is 14. The number of fused-ring (bicyclic) bond motifs is 3. The van der Waals surface area contributed by atoms with Gasteiger partial charge in [-0.2, -0.15) is 0 Å². The van der Waals surface area contributed by atoms with Crippen molar-refractivity contribution in [2.75, 3.05) is 6.79 Å². The Morgan fingerprint density at radius 2 is 1.65 bits per heavy atom. The molecule has 262 valence electrons. The molecule has 0 radical (unpaired) electrons. The van der Waals surface area contributed by atoms with E-state index in [-0.39, 0.29) is 13.3 Å². The molecule has 0 saturated heterocycles. The van der Waals surface area contributed by atoms with Crippen LogP contribution in [0, 0.1) is 5.92 Å². The molecule has 1 amide bonds. The van der Waals surface area contributed by atoms with Crippen LogP contribution in [0.5, 0.6) is 11.5 Å². The third-order valence-corrected chi connectivity index (χ3v) is 8.83. The highest BCUT2D eigenvalue weighted by Gasteiger charge is 2.40. The number of carbonyl (C=O) groups excluding carboxylic acids is 3. The highest BCUT2D eigenvalue weighted by molar-refractivity contribution is 6.40. The van der Waals surface area contributed by atoms with E-state index in [1.165, 1.54) is 4.90 Å². The number of carboxylic acid groups (broad SMARTS) is 1. The highest BCUT2D eigenvalue weighted by atomic mass is 16.7. The number of esters is 1. The molecule has 1 unspecified atom stereocenters. The minimum Gasteiger partial charge on any atom is -0.481 e. The topological polar surface area (TPSA) is 145 Å². The minimum atomic E-state index is -1.81. The van der Waals surface area contributed by atoms with E-state index in [9.17, 15) is 24.3 Å². The number of carboxylic acids is 1. The van der Waals surface area contributed by atoms with E-state index in [1.54, 1.807) is 26.0 Å². The number of hydrogen-bond acceptors (Lipinski definition) is 9. The first-order valence-corrected chi connectivity index (χ1v) is 16.7. The van der Waals surface area contributed by atoms with E-state index in [0.29, 0.717) is 29.4 Å². The molecule has 0 aliphatic carbocycles. The summed E-state index contributed by atoms with van der Waals surface area (Å²) in [4.78, 5) is 59.0. The normalized spacial score (nSPS) is 14.1. The zero-order valence-corrected chi connectivity index (χ0v) is 28.5. The maximum Gasteiger partial charge on any atom is 0.317 e. The lowest BCUT2D eigenvalue weighted by Gasteiger charge is -2.35. The van der Waals surface area contributed by atoms with Crippen LogP contribution in [0.2, 0.25) is 0 Å². The van der Waals surface area contributed by atoms with Gasteiger partial charge in [-0.1, -0.05) is 60.7 Å². The number of carbonyl (C=O) groups is 4. The fourth-order valence-corrected chi connectivity index (χ4v) is 6.25. The molecule has 11 nitrogen and oxygen atoms in total. The second-order valence-corrected chi connectivity index (χ2v) is 12.7. The van der Waals surface area contributed by atoms with Crippen molar-refractivity contribution in [2.45, 2.75) is 58.2 Å². The lowest BCUT2D eigenvalue weighted by atomic mass is 9.87. The average Bonchev–Trinajstić information content (AvgIpc) is 3.76. The summed E-state index contributed by atoms with van der Waals surface area (Å²) < 4.78 is 22.3. The number of Topliss-reactive ketones (excluding diaryl/α,β-unsaturated/α-hetero) is 1. The molecule has 5 aromatic rings. The Balaban J connectivity index is 1.38. The minimum absolute atomic E-state index is 0.00545. The number of ether oxygens (including phenoxy) is 3. The largest absolute Gasteiger partial charge is 0.481 e. The zero-order chi connectivity index (χ0) is 36.1. The number of para-hydroxylation sites is 2. The number of nitrogens with zero attached hydrogens (tertiary/aromatic N) is 2. The molecule has 3 atom stereocenters. The molecule has 4 aromatic carbocycles. The Morgan fingerprint density at radius 3 is 2.41 bits per heavy atom. The summed E-state index contributed by atoms with van der Waals surface area (Å²) in [7, 11) is 0. The van der Waals surface area contributed by atoms with Gasteiger partial charge in [0, 0.05) is 18.5 Å². The van der Waals surface area contributed by atoms with Crippen molar-refractivity contribution in [3.8, 4) is 11.5 Å². The van der Waals surface area contributed by atoms with Crippen LogP contribution in [-0.4, -0.2) is 57.6 Å². The van der Waals surface area contributed by atoms with Crippen molar-refractivity contribution in [2.24, 2.45) is 5.92 Å². The maximum absolute atomic E-state index is 14.4. The van der Waals surface area contributed by atoms with Crippen molar-refractivity contribution < 1.29 is 42.9 Å². The van der Waals surface area contributed by atoms with Gasteiger partial charge in [-0.05, 0) is 85.5 Å². The fraction of sp³-hybridized carbons (Fsp3) is 0.275. The molecular weight excluding hydrogens is 652 g/mol. The number of aliphatic carboxylic acids is 1. The first-order valence-electron chi connectivity index (χ1n) is 16.7. The monoisotopic (exact) mass is 690 g/mol. The van der Waals surface area contributed by atoms with E-state index in [1.807, 2.05) is 91.9 Å². The van der Waals surface area contributed by atoms with Crippen molar-refractivity contribution in [3.63, 3.8) is 0 Å². The van der Waals surface area contributed by atoms with E-state index in [4.69, 9.17) is 18.6 Å². The first kappa shape index (κ1) is 34.9. The summed E-state index contributed by atoms with van der Waals surface area (Å²) in [5.74, 6) is -5.28. The quantitative estimate of drug-likeness (QED) is 0.0740. The Labute approximate surface area is 294 Å². The summed E-state index contributed by atoms with van der Waals surface area (Å²) in [6.07, 6.45) is 2.53. The molecule has 0 saturated carbocycles. The molecule has 0 spiro atoms. The Bertz CT molecular complexity index is 2080. The Morgan fingerprint density at radius 1 is 0.902 bits per heavy atom. The van der Waals surface area contributed by atoms with Gasteiger partial charge < -0.3 is 28.6 Å². The van der Waals surface area contributed by atoms with Gasteiger partial charge in [0.15, 0.2) is 17.1 Å². The van der Waals surface area contributed by atoms with Crippen molar-refractivity contribution in [1.82, 2.24) is 9.88 Å². The summed E-state index contributed by atoms with van der Waals surface area (Å²) in [5.41, 5.74) is 2.91. The van der Waals surface area contributed by atoms with E-state index < -0.39 is 54.0 Å². The van der Waals surface area contributed by atoms with E-state index in [2.05, 4.69) is 4.98 Å². The molecule has 1 aliphatic heterocycles. The zero-order valence-electron chi connectivity index (χ0n) is 28.5. The van der Waals surface area contributed by atoms with E-state index >= 15 is 0 Å². The smallest absolute Gasteiger partial charge is 0.317 e. The summed E-state index contributed by atoms with van der Waals surface area (Å²) in [5, 5.41) is 11.6. The highest BCUT2D eigenvalue weighted by Crippen LogP contribution is 2.38. The number of ketones is 1.